The van der Waals surface area contributed by atoms with Gasteiger partial charge in [0.2, 0.25) is 0 Å². The molecule has 0 saturated heterocycles. The molecule has 0 spiro atoms. The molecule has 2 unspecified atom stereocenters. The predicted octanol–water partition coefficient (Wildman–Crippen LogP) is 9.67. The molecule has 1 aromatic heterocycles. The summed E-state index contributed by atoms with van der Waals surface area (Å²) < 4.78 is 2.59. The molecule has 0 amide bonds. The molecule has 0 N–H and O–H groups in total. The summed E-state index contributed by atoms with van der Waals surface area (Å²) in [4.78, 5) is 0. The van der Waals surface area contributed by atoms with Crippen LogP contribution in [0.3, 0.4) is 0 Å². The fourth-order valence-electron chi connectivity index (χ4n) is 8.33. The van der Waals surface area contributed by atoms with Gasteiger partial charge in [0, 0.05) is 22.3 Å². The van der Waals surface area contributed by atoms with Gasteiger partial charge < -0.3 is 4.57 Å². The smallest absolute Gasteiger partial charge is 0.0537 e. The summed E-state index contributed by atoms with van der Waals surface area (Å²) in [6.45, 7) is 4.96. The molecule has 0 aliphatic heterocycles. The Bertz CT molecular complexity index is 1630. The van der Waals surface area contributed by atoms with Crippen LogP contribution in [0, 0.1) is 17.3 Å². The Morgan fingerprint density at radius 3 is 2.71 bits per heavy atom. The number of hydrogen-bond donors (Lipinski definition) is 0. The van der Waals surface area contributed by atoms with Crippen LogP contribution in [0.25, 0.3) is 22.7 Å². The quantitative estimate of drug-likeness (QED) is 0.391. The fraction of sp³-hybridized carbons (Fsp3) is 0.351. The van der Waals surface area contributed by atoms with Crippen LogP contribution < -0.4 is 0 Å². The first-order chi connectivity index (χ1) is 18.6. The molecule has 1 heteroatoms. The zero-order valence-electron chi connectivity index (χ0n) is 22.8. The first-order valence-electron chi connectivity index (χ1n) is 14.8. The average molecular weight is 496 g/mol. The first kappa shape index (κ1) is 22.6. The van der Waals surface area contributed by atoms with Crippen molar-refractivity contribution in [3.05, 3.63) is 118 Å². The summed E-state index contributed by atoms with van der Waals surface area (Å²) in [7, 11) is 0. The summed E-state index contributed by atoms with van der Waals surface area (Å²) in [6, 6.07) is 9.08. The van der Waals surface area contributed by atoms with Gasteiger partial charge in [-0.25, -0.2) is 0 Å². The number of aromatic nitrogens is 1. The predicted molar refractivity (Wildman–Crippen MR) is 161 cm³/mol. The highest BCUT2D eigenvalue weighted by Crippen LogP contribution is 2.57. The second-order valence-corrected chi connectivity index (χ2v) is 12.7. The van der Waals surface area contributed by atoms with E-state index < -0.39 is 0 Å². The summed E-state index contributed by atoms with van der Waals surface area (Å²) in [5.74, 6) is 1.36. The first-order valence-corrected chi connectivity index (χ1v) is 14.8. The van der Waals surface area contributed by atoms with Crippen molar-refractivity contribution in [2.45, 2.75) is 65.2 Å². The van der Waals surface area contributed by atoms with E-state index in [9.17, 15) is 0 Å². The number of fused-ring (bicyclic) bond motifs is 6. The molecule has 0 fully saturated rings. The Labute approximate surface area is 227 Å². The van der Waals surface area contributed by atoms with Crippen molar-refractivity contribution in [1.82, 2.24) is 4.57 Å². The van der Waals surface area contributed by atoms with E-state index in [1.165, 1.54) is 72.0 Å². The number of benzene rings is 1. The topological polar surface area (TPSA) is 4.93 Å². The molecular weight excluding hydrogens is 458 g/mol. The largest absolute Gasteiger partial charge is 0.313 e. The standard InChI is InChI=1S/C37H37N/c1-37(2)33-13-7-5-11-29(33)30-19-16-27(23-34(30)37)26-17-20-36-32(22-26)31-12-6-8-14-35(31)38(36)28-18-15-24-9-3-4-10-25(24)21-28/h4-8,10-12,14,18,21-24,33H,3,9,13,15-17,19-20H2,1-2H3. The molecule has 0 bridgehead atoms. The van der Waals surface area contributed by atoms with Crippen LogP contribution in [0.15, 0.2) is 106 Å². The van der Waals surface area contributed by atoms with Crippen molar-refractivity contribution >= 4 is 22.7 Å². The number of allylic oxidation sites excluding steroid dienone is 15. The third-order valence-corrected chi connectivity index (χ3v) is 10.4. The maximum absolute atomic E-state index is 2.61. The van der Waals surface area contributed by atoms with Crippen LogP contribution in [0.5, 0.6) is 0 Å². The van der Waals surface area contributed by atoms with Gasteiger partial charge in [-0.05, 0) is 120 Å². The van der Waals surface area contributed by atoms with Gasteiger partial charge in [0.1, 0.15) is 0 Å². The van der Waals surface area contributed by atoms with Crippen LogP contribution >= 0.6 is 0 Å². The lowest BCUT2D eigenvalue weighted by molar-refractivity contribution is 0.336. The normalized spacial score (nSPS) is 27.1. The van der Waals surface area contributed by atoms with Gasteiger partial charge >= 0.3 is 0 Å². The van der Waals surface area contributed by atoms with E-state index in [0.29, 0.717) is 11.8 Å². The molecule has 1 heterocycles. The van der Waals surface area contributed by atoms with Crippen molar-refractivity contribution in [1.29, 1.82) is 0 Å². The van der Waals surface area contributed by atoms with Gasteiger partial charge in [0.25, 0.3) is 0 Å². The number of para-hydroxylation sites is 1. The van der Waals surface area contributed by atoms with Crippen molar-refractivity contribution in [3.8, 4) is 0 Å². The zero-order valence-corrected chi connectivity index (χ0v) is 22.8. The lowest BCUT2D eigenvalue weighted by Crippen LogP contribution is -2.22. The molecule has 190 valence electrons. The van der Waals surface area contributed by atoms with Gasteiger partial charge in [0.15, 0.2) is 0 Å². The minimum atomic E-state index is 0.223. The minimum absolute atomic E-state index is 0.223. The molecule has 0 saturated carbocycles. The molecular formula is C37H37N. The number of nitrogens with zero attached hydrogens (tertiary/aromatic N) is 1. The van der Waals surface area contributed by atoms with E-state index >= 15 is 0 Å². The molecule has 0 radical (unpaired) electrons. The highest BCUT2D eigenvalue weighted by Gasteiger charge is 2.44. The van der Waals surface area contributed by atoms with Crippen LogP contribution in [-0.2, 0) is 6.42 Å². The Hall–Kier alpha value is -3.32. The van der Waals surface area contributed by atoms with Gasteiger partial charge in [-0.15, -0.1) is 0 Å². The molecule has 2 aromatic rings. The molecule has 1 nitrogen and oxygen atoms in total. The molecule has 2 atom stereocenters. The summed E-state index contributed by atoms with van der Waals surface area (Å²) >= 11 is 0. The molecule has 6 aliphatic carbocycles. The molecule has 38 heavy (non-hydrogen) atoms. The lowest BCUT2D eigenvalue weighted by Gasteiger charge is -2.31. The molecule has 1 aromatic carbocycles. The Morgan fingerprint density at radius 2 is 1.76 bits per heavy atom. The van der Waals surface area contributed by atoms with Crippen molar-refractivity contribution in [2.24, 2.45) is 17.3 Å². The van der Waals surface area contributed by atoms with Crippen LogP contribution in [-0.4, -0.2) is 4.57 Å². The van der Waals surface area contributed by atoms with Crippen LogP contribution in [0.1, 0.15) is 70.1 Å². The van der Waals surface area contributed by atoms with E-state index in [1.807, 2.05) is 0 Å². The summed E-state index contributed by atoms with van der Waals surface area (Å²) in [6.07, 6.45) is 31.4. The molecule has 6 aliphatic rings. The van der Waals surface area contributed by atoms with Crippen LogP contribution in [0.2, 0.25) is 0 Å². The third kappa shape index (κ3) is 3.24. The SMILES string of the molecule is CC1(C)C2=C(CCC(C3=Cc4c(n(C5=CCC6CCC=CC6=C5)c5ccccc45)CC3)=C2)C2=CC=CCC21. The second-order valence-electron chi connectivity index (χ2n) is 12.7. The maximum atomic E-state index is 2.61. The van der Waals surface area contributed by atoms with Crippen molar-refractivity contribution < 1.29 is 0 Å². The van der Waals surface area contributed by atoms with E-state index in [0.717, 1.165) is 12.8 Å². The highest BCUT2D eigenvalue weighted by atomic mass is 15.0. The Balaban J connectivity index is 1.22. The number of hydrogen-bond acceptors (Lipinski definition) is 0. The summed E-state index contributed by atoms with van der Waals surface area (Å²) in [5, 5.41) is 1.40. The number of rotatable bonds is 2. The minimum Gasteiger partial charge on any atom is -0.313 e. The van der Waals surface area contributed by atoms with Gasteiger partial charge in [-0.2, -0.15) is 0 Å². The molecule has 8 rings (SSSR count). The van der Waals surface area contributed by atoms with E-state index in [2.05, 4.69) is 97.4 Å². The third-order valence-electron chi connectivity index (χ3n) is 10.4. The lowest BCUT2D eigenvalue weighted by atomic mass is 9.72. The Morgan fingerprint density at radius 1 is 0.895 bits per heavy atom. The maximum Gasteiger partial charge on any atom is 0.0537 e. The fourth-order valence-corrected chi connectivity index (χ4v) is 8.33. The zero-order chi connectivity index (χ0) is 25.4. The van der Waals surface area contributed by atoms with Gasteiger partial charge in [0.05, 0.1) is 5.52 Å². The monoisotopic (exact) mass is 495 g/mol. The van der Waals surface area contributed by atoms with E-state index in [1.54, 1.807) is 27.9 Å². The van der Waals surface area contributed by atoms with Crippen LogP contribution in [0.4, 0.5) is 0 Å². The van der Waals surface area contributed by atoms with Gasteiger partial charge in [-0.3, -0.25) is 0 Å². The van der Waals surface area contributed by atoms with E-state index in [4.69, 9.17) is 0 Å². The van der Waals surface area contributed by atoms with Crippen molar-refractivity contribution in [3.63, 3.8) is 0 Å². The summed E-state index contributed by atoms with van der Waals surface area (Å²) in [5.41, 5.74) is 15.5. The average Bonchev–Trinajstić information content (AvgIpc) is 3.41. The van der Waals surface area contributed by atoms with Crippen molar-refractivity contribution in [2.75, 3.05) is 0 Å². The van der Waals surface area contributed by atoms with E-state index in [-0.39, 0.29) is 5.41 Å². The second kappa shape index (κ2) is 8.34. The van der Waals surface area contributed by atoms with Gasteiger partial charge in [-0.1, -0.05) is 74.6 Å². The highest BCUT2D eigenvalue weighted by molar-refractivity contribution is 5.96. The Kier molecular flexibility index (Phi) is 4.97.